The zero-order valence-electron chi connectivity index (χ0n) is 11.6. The van der Waals surface area contributed by atoms with Gasteiger partial charge in [0.25, 0.3) is 5.56 Å². The van der Waals surface area contributed by atoms with Crippen molar-refractivity contribution in [3.63, 3.8) is 0 Å². The second kappa shape index (κ2) is 5.32. The maximum absolute atomic E-state index is 12.4. The van der Waals surface area contributed by atoms with Crippen LogP contribution in [0.5, 0.6) is 0 Å². The number of hydrogen-bond acceptors (Lipinski definition) is 3. The van der Waals surface area contributed by atoms with Crippen LogP contribution >= 0.6 is 0 Å². The second-order valence-electron chi connectivity index (χ2n) is 5.49. The highest BCUT2D eigenvalue weighted by Gasteiger charge is 2.17. The van der Waals surface area contributed by atoms with Crippen LogP contribution < -0.4 is 11.3 Å². The third kappa shape index (κ3) is 2.95. The Bertz CT molecular complexity index is 703. The van der Waals surface area contributed by atoms with Gasteiger partial charge in [-0.25, -0.2) is 0 Å². The first-order valence-electron chi connectivity index (χ1n) is 6.40. The van der Waals surface area contributed by atoms with E-state index in [4.69, 9.17) is 11.0 Å². The summed E-state index contributed by atoms with van der Waals surface area (Å²) in [6.07, 6.45) is 0. The Labute approximate surface area is 118 Å². The summed E-state index contributed by atoms with van der Waals surface area (Å²) >= 11 is 0. The Balaban J connectivity index is 2.67. The van der Waals surface area contributed by atoms with E-state index in [1.54, 1.807) is 16.7 Å². The van der Waals surface area contributed by atoms with Crippen molar-refractivity contribution in [3.8, 4) is 17.3 Å². The fourth-order valence-corrected chi connectivity index (χ4v) is 2.09. The summed E-state index contributed by atoms with van der Waals surface area (Å²) in [5.41, 5.74) is 7.03. The average Bonchev–Trinajstić information content (AvgIpc) is 2.40. The highest BCUT2D eigenvalue weighted by atomic mass is 16.1. The number of rotatable bonds is 3. The number of benzene rings is 1. The van der Waals surface area contributed by atoms with Gasteiger partial charge in [0.15, 0.2) is 0 Å². The molecule has 2 aromatic rings. The minimum atomic E-state index is -0.540. The lowest BCUT2D eigenvalue weighted by atomic mass is 10.0. The monoisotopic (exact) mass is 267 g/mol. The molecule has 0 fully saturated rings. The van der Waals surface area contributed by atoms with Crippen LogP contribution in [0, 0.1) is 11.3 Å². The molecule has 0 saturated heterocycles. The number of pyridine rings is 1. The first-order chi connectivity index (χ1) is 9.42. The standard InChI is InChI=1S/C16H17N3O/c1-16(2,18)11-19-14(12-6-4-3-5-7-12)9-8-13(10-17)15(19)20/h3-9H,11,18H2,1-2H3. The van der Waals surface area contributed by atoms with Crippen LogP contribution in [0.2, 0.25) is 0 Å². The number of nitrogens with zero attached hydrogens (tertiary/aromatic N) is 2. The molecular formula is C16H17N3O. The summed E-state index contributed by atoms with van der Waals surface area (Å²) in [4.78, 5) is 12.4. The molecule has 4 heteroatoms. The van der Waals surface area contributed by atoms with Crippen LogP contribution in [-0.4, -0.2) is 10.1 Å². The van der Waals surface area contributed by atoms with E-state index >= 15 is 0 Å². The van der Waals surface area contributed by atoms with E-state index in [0.717, 1.165) is 11.3 Å². The van der Waals surface area contributed by atoms with Gasteiger partial charge >= 0.3 is 0 Å². The fourth-order valence-electron chi connectivity index (χ4n) is 2.09. The Morgan fingerprint density at radius 3 is 2.40 bits per heavy atom. The predicted octanol–water partition coefficient (Wildman–Crippen LogP) is 2.12. The van der Waals surface area contributed by atoms with Gasteiger partial charge in [0, 0.05) is 12.1 Å². The lowest BCUT2D eigenvalue weighted by molar-refractivity contribution is 0.429. The van der Waals surface area contributed by atoms with Gasteiger partial charge in [0.2, 0.25) is 0 Å². The Hall–Kier alpha value is -2.38. The van der Waals surface area contributed by atoms with Crippen LogP contribution in [0.4, 0.5) is 0 Å². The van der Waals surface area contributed by atoms with Crippen molar-refractivity contribution in [2.24, 2.45) is 5.73 Å². The van der Waals surface area contributed by atoms with E-state index < -0.39 is 5.54 Å². The summed E-state index contributed by atoms with van der Waals surface area (Å²) in [5, 5.41) is 9.01. The molecule has 2 rings (SSSR count). The SMILES string of the molecule is CC(C)(N)Cn1c(-c2ccccc2)ccc(C#N)c1=O. The molecule has 1 heterocycles. The smallest absolute Gasteiger partial charge is 0.269 e. The highest BCUT2D eigenvalue weighted by Crippen LogP contribution is 2.19. The zero-order chi connectivity index (χ0) is 14.8. The molecule has 0 saturated carbocycles. The van der Waals surface area contributed by atoms with Gasteiger partial charge in [0.05, 0.1) is 5.69 Å². The van der Waals surface area contributed by atoms with Gasteiger partial charge in [-0.1, -0.05) is 30.3 Å². The first kappa shape index (κ1) is 14.0. The maximum atomic E-state index is 12.4. The third-order valence-corrected chi connectivity index (χ3v) is 2.93. The highest BCUT2D eigenvalue weighted by molar-refractivity contribution is 5.60. The minimum Gasteiger partial charge on any atom is -0.324 e. The fraction of sp³-hybridized carbons (Fsp3) is 0.250. The first-order valence-corrected chi connectivity index (χ1v) is 6.40. The molecule has 1 aromatic carbocycles. The van der Waals surface area contributed by atoms with Crippen LogP contribution in [0.25, 0.3) is 11.3 Å². The number of nitriles is 1. The van der Waals surface area contributed by atoms with Crippen molar-refractivity contribution in [3.05, 3.63) is 58.4 Å². The second-order valence-corrected chi connectivity index (χ2v) is 5.49. The molecule has 0 radical (unpaired) electrons. The average molecular weight is 267 g/mol. The molecule has 2 N–H and O–H groups in total. The van der Waals surface area contributed by atoms with E-state index in [1.807, 2.05) is 50.2 Å². The predicted molar refractivity (Wildman–Crippen MR) is 79.1 cm³/mol. The Kier molecular flexibility index (Phi) is 3.73. The van der Waals surface area contributed by atoms with E-state index in [9.17, 15) is 4.79 Å². The van der Waals surface area contributed by atoms with Crippen LogP contribution in [0.3, 0.4) is 0 Å². The van der Waals surface area contributed by atoms with Crippen molar-refractivity contribution in [1.82, 2.24) is 4.57 Å². The normalized spacial score (nSPS) is 11.1. The molecule has 0 bridgehead atoms. The lowest BCUT2D eigenvalue weighted by Gasteiger charge is -2.22. The molecular weight excluding hydrogens is 250 g/mol. The van der Waals surface area contributed by atoms with E-state index in [-0.39, 0.29) is 11.1 Å². The Morgan fingerprint density at radius 2 is 1.85 bits per heavy atom. The molecule has 20 heavy (non-hydrogen) atoms. The molecule has 102 valence electrons. The molecule has 0 amide bonds. The van der Waals surface area contributed by atoms with Crippen LogP contribution in [0.1, 0.15) is 19.4 Å². The molecule has 0 unspecified atom stereocenters. The van der Waals surface area contributed by atoms with Crippen molar-refractivity contribution in [2.75, 3.05) is 0 Å². The molecule has 4 nitrogen and oxygen atoms in total. The third-order valence-electron chi connectivity index (χ3n) is 2.93. The summed E-state index contributed by atoms with van der Waals surface area (Å²) in [6.45, 7) is 4.06. The van der Waals surface area contributed by atoms with Gasteiger partial charge in [0.1, 0.15) is 11.6 Å². The molecule has 0 atom stereocenters. The van der Waals surface area contributed by atoms with Crippen molar-refractivity contribution >= 4 is 0 Å². The molecule has 0 aliphatic carbocycles. The Morgan fingerprint density at radius 1 is 1.20 bits per heavy atom. The summed E-state index contributed by atoms with van der Waals surface area (Å²) in [7, 11) is 0. The minimum absolute atomic E-state index is 0.133. The molecule has 1 aromatic heterocycles. The molecule has 0 aliphatic rings. The molecule has 0 spiro atoms. The number of hydrogen-bond donors (Lipinski definition) is 1. The topological polar surface area (TPSA) is 71.8 Å². The van der Waals surface area contributed by atoms with Crippen molar-refractivity contribution in [1.29, 1.82) is 5.26 Å². The van der Waals surface area contributed by atoms with Gasteiger partial charge in [-0.15, -0.1) is 0 Å². The van der Waals surface area contributed by atoms with Crippen LogP contribution in [0.15, 0.2) is 47.3 Å². The van der Waals surface area contributed by atoms with E-state index in [2.05, 4.69) is 0 Å². The summed E-state index contributed by atoms with van der Waals surface area (Å²) in [6, 6.07) is 14.9. The van der Waals surface area contributed by atoms with E-state index in [0.29, 0.717) is 6.54 Å². The summed E-state index contributed by atoms with van der Waals surface area (Å²) in [5.74, 6) is 0. The van der Waals surface area contributed by atoms with Gasteiger partial charge in [-0.2, -0.15) is 5.26 Å². The number of aromatic nitrogens is 1. The van der Waals surface area contributed by atoms with Crippen LogP contribution in [-0.2, 0) is 6.54 Å². The number of nitrogens with two attached hydrogens (primary N) is 1. The van der Waals surface area contributed by atoms with E-state index in [1.165, 1.54) is 0 Å². The maximum Gasteiger partial charge on any atom is 0.269 e. The lowest BCUT2D eigenvalue weighted by Crippen LogP contribution is -2.41. The quantitative estimate of drug-likeness (QED) is 0.925. The van der Waals surface area contributed by atoms with Gasteiger partial charge in [-0.3, -0.25) is 4.79 Å². The van der Waals surface area contributed by atoms with Crippen molar-refractivity contribution in [2.45, 2.75) is 25.9 Å². The van der Waals surface area contributed by atoms with Gasteiger partial charge in [-0.05, 0) is 31.5 Å². The molecule has 0 aliphatic heterocycles. The summed E-state index contributed by atoms with van der Waals surface area (Å²) < 4.78 is 1.58. The largest absolute Gasteiger partial charge is 0.324 e. The van der Waals surface area contributed by atoms with Gasteiger partial charge < -0.3 is 10.3 Å². The van der Waals surface area contributed by atoms with Crippen molar-refractivity contribution < 1.29 is 0 Å². The zero-order valence-corrected chi connectivity index (χ0v) is 11.6.